The number of hydrogen-bond acceptors (Lipinski definition) is 9. The van der Waals surface area contributed by atoms with Crippen LogP contribution in [-0.4, -0.2) is 65.3 Å². The van der Waals surface area contributed by atoms with Crippen LogP contribution in [-0.2, 0) is 14.4 Å². The molecule has 0 saturated carbocycles. The van der Waals surface area contributed by atoms with Crippen LogP contribution in [0.3, 0.4) is 0 Å². The van der Waals surface area contributed by atoms with E-state index in [1.807, 2.05) is 0 Å². The van der Waals surface area contributed by atoms with Gasteiger partial charge in [0.25, 0.3) is 0 Å². The number of esters is 1. The van der Waals surface area contributed by atoms with Crippen LogP contribution in [0.1, 0.15) is 6.92 Å². The first-order valence-electron chi connectivity index (χ1n) is 5.07. The van der Waals surface area contributed by atoms with E-state index in [0.717, 1.165) is 0 Å². The average Bonchev–Trinajstić information content (AvgIpc) is 2.25. The van der Waals surface area contributed by atoms with Crippen molar-refractivity contribution in [1.82, 2.24) is 10.7 Å². The zero-order valence-corrected chi connectivity index (χ0v) is 9.57. The number of aliphatic hydroxyl groups excluding tert-OH is 1. The number of carbonyl (C=O) groups excluding carboxylic acids is 1. The van der Waals surface area contributed by atoms with Crippen LogP contribution in [0.2, 0.25) is 0 Å². The zero-order valence-electron chi connectivity index (χ0n) is 9.57. The summed E-state index contributed by atoms with van der Waals surface area (Å²) in [7, 11) is 0. The van der Waals surface area contributed by atoms with Gasteiger partial charge >= 0.3 is 5.97 Å². The van der Waals surface area contributed by atoms with E-state index in [1.54, 1.807) is 0 Å². The fourth-order valence-corrected chi connectivity index (χ4v) is 0.841. The molecule has 0 radical (unpaired) electrons. The minimum Gasteiger partial charge on any atom is -0.463 e. The summed E-state index contributed by atoms with van der Waals surface area (Å²) in [6.45, 7) is 2.25. The summed E-state index contributed by atoms with van der Waals surface area (Å²) in [5, 5.41) is 27.8. The maximum Gasteiger partial charge on any atom is 0.325 e. The smallest absolute Gasteiger partial charge is 0.325 e. The summed E-state index contributed by atoms with van der Waals surface area (Å²) in [6, 6.07) is -1.05. The lowest BCUT2D eigenvalue weighted by molar-refractivity contribution is -0.491. The van der Waals surface area contributed by atoms with Gasteiger partial charge in [-0.15, -0.1) is 0 Å². The molecule has 2 unspecified atom stereocenters. The Labute approximate surface area is 98.6 Å². The molecule has 0 aliphatic rings. The highest BCUT2D eigenvalue weighted by Gasteiger charge is 2.19. The molecule has 0 aliphatic heterocycles. The highest BCUT2D eigenvalue weighted by Crippen LogP contribution is 1.91. The van der Waals surface area contributed by atoms with Crippen LogP contribution < -0.4 is 11.1 Å². The lowest BCUT2D eigenvalue weighted by Crippen LogP contribution is -2.42. The molecule has 102 valence electrons. The fourth-order valence-electron chi connectivity index (χ4n) is 0.841. The van der Waals surface area contributed by atoms with Crippen molar-refractivity contribution in [1.29, 1.82) is 0 Å². The minimum absolute atomic E-state index is 0.0497. The number of aliphatic hydroxyl groups is 1. The Bertz CT molecular complexity index is 213. The van der Waals surface area contributed by atoms with Crippen LogP contribution >= 0.6 is 0 Å². The van der Waals surface area contributed by atoms with Crippen molar-refractivity contribution in [3.8, 4) is 0 Å². The van der Waals surface area contributed by atoms with Crippen molar-refractivity contribution < 1.29 is 29.9 Å². The molecule has 6 N–H and O–H groups in total. The summed E-state index contributed by atoms with van der Waals surface area (Å²) < 4.78 is 4.76. The Morgan fingerprint density at radius 2 is 2.00 bits per heavy atom. The molecule has 0 aliphatic carbocycles. The predicted molar refractivity (Wildman–Crippen MR) is 54.8 cm³/mol. The molecule has 0 amide bonds. The highest BCUT2D eigenvalue weighted by atomic mass is 17.1. The Hall–Kier alpha value is -0.810. The van der Waals surface area contributed by atoms with Crippen molar-refractivity contribution in [2.75, 3.05) is 26.3 Å². The highest BCUT2D eigenvalue weighted by molar-refractivity contribution is 5.76. The van der Waals surface area contributed by atoms with E-state index >= 15 is 0 Å². The first-order chi connectivity index (χ1) is 7.95. The molecule has 0 heterocycles. The molecule has 2 atom stereocenters. The number of carbonyl (C=O) groups is 1. The quantitative estimate of drug-likeness (QED) is 0.177. The largest absolute Gasteiger partial charge is 0.463 e. The van der Waals surface area contributed by atoms with E-state index in [-0.39, 0.29) is 18.6 Å². The summed E-state index contributed by atoms with van der Waals surface area (Å²) in [6.07, 6.45) is -0.955. The molecule has 0 aromatic rings. The van der Waals surface area contributed by atoms with Crippen LogP contribution in [0, 0.1) is 0 Å². The zero-order chi connectivity index (χ0) is 13.3. The third-order valence-electron chi connectivity index (χ3n) is 1.80. The number of nitrogens with two attached hydrogens (primary N) is 1. The van der Waals surface area contributed by atoms with Gasteiger partial charge in [-0.05, 0) is 6.92 Å². The second-order valence-electron chi connectivity index (χ2n) is 3.27. The van der Waals surface area contributed by atoms with E-state index in [2.05, 4.69) is 10.2 Å². The van der Waals surface area contributed by atoms with Gasteiger partial charge in [-0.3, -0.25) is 15.2 Å². The number of nitrogens with one attached hydrogen (secondary N) is 1. The van der Waals surface area contributed by atoms with Crippen LogP contribution in [0.5, 0.6) is 0 Å². The molecule has 17 heavy (non-hydrogen) atoms. The summed E-state index contributed by atoms with van der Waals surface area (Å²) >= 11 is 0. The number of rotatable bonds is 9. The Kier molecular flexibility index (Phi) is 8.80. The summed E-state index contributed by atoms with van der Waals surface area (Å²) in [5.41, 5.74) is 5.33. The predicted octanol–water partition coefficient (Wildman–Crippen LogP) is -2.16. The lowest BCUT2D eigenvalue weighted by atomic mass is 10.2. The molecule has 9 nitrogen and oxygen atoms in total. The molecule has 0 fully saturated rings. The summed E-state index contributed by atoms with van der Waals surface area (Å²) in [5.74, 6) is -0.671. The van der Waals surface area contributed by atoms with Gasteiger partial charge in [0.05, 0.1) is 18.1 Å². The molecule has 0 spiro atoms. The SMILES string of the molecule is CC(O)C(N)C(=O)OCCNCCON(O)O. The van der Waals surface area contributed by atoms with Gasteiger partial charge in [0.1, 0.15) is 12.6 Å². The van der Waals surface area contributed by atoms with E-state index in [1.165, 1.54) is 6.92 Å². The topological polar surface area (TPSA) is 138 Å². The molecular formula is C8H19N3O6. The van der Waals surface area contributed by atoms with Crippen LogP contribution in [0.15, 0.2) is 0 Å². The maximum absolute atomic E-state index is 11.1. The molecular weight excluding hydrogens is 234 g/mol. The molecule has 0 rings (SSSR count). The van der Waals surface area contributed by atoms with Gasteiger partial charge in [-0.1, -0.05) is 0 Å². The number of ether oxygens (including phenoxy) is 1. The standard InChI is InChI=1S/C8H19N3O6/c1-6(12)7(9)8(13)16-4-2-10-3-5-17-11(14)15/h6-7,10,12,14-15H,2-5,9H2,1H3. The Balaban J connectivity index is 3.37. The normalized spacial score (nSPS) is 14.7. The van der Waals surface area contributed by atoms with E-state index in [9.17, 15) is 4.79 Å². The number of hydrogen-bond donors (Lipinski definition) is 5. The van der Waals surface area contributed by atoms with Crippen molar-refractivity contribution >= 4 is 5.97 Å². The second kappa shape index (κ2) is 9.24. The van der Waals surface area contributed by atoms with E-state index in [4.69, 9.17) is 26.0 Å². The molecule has 0 saturated heterocycles. The lowest BCUT2D eigenvalue weighted by Gasteiger charge is -2.13. The monoisotopic (exact) mass is 253 g/mol. The van der Waals surface area contributed by atoms with Crippen LogP contribution in [0.25, 0.3) is 0 Å². The minimum atomic E-state index is -1.05. The van der Waals surface area contributed by atoms with E-state index < -0.39 is 18.1 Å². The van der Waals surface area contributed by atoms with Gasteiger partial charge in [0.15, 0.2) is 0 Å². The third-order valence-corrected chi connectivity index (χ3v) is 1.80. The van der Waals surface area contributed by atoms with Gasteiger partial charge in [-0.2, -0.15) is 0 Å². The first-order valence-corrected chi connectivity index (χ1v) is 5.07. The first kappa shape index (κ1) is 16.2. The van der Waals surface area contributed by atoms with Crippen molar-refractivity contribution in [3.63, 3.8) is 0 Å². The van der Waals surface area contributed by atoms with Crippen molar-refractivity contribution in [2.45, 2.75) is 19.1 Å². The molecule has 9 heteroatoms. The van der Waals surface area contributed by atoms with Crippen molar-refractivity contribution in [3.05, 3.63) is 0 Å². The van der Waals surface area contributed by atoms with Gasteiger partial charge in [-0.25, -0.2) is 4.84 Å². The van der Waals surface area contributed by atoms with Gasteiger partial charge < -0.3 is 20.9 Å². The van der Waals surface area contributed by atoms with E-state index in [0.29, 0.717) is 13.1 Å². The second-order valence-corrected chi connectivity index (χ2v) is 3.27. The number of nitrogens with zero attached hydrogens (tertiary/aromatic N) is 1. The summed E-state index contributed by atoms with van der Waals surface area (Å²) in [4.78, 5) is 15.4. The van der Waals surface area contributed by atoms with Crippen molar-refractivity contribution in [2.24, 2.45) is 5.73 Å². The van der Waals surface area contributed by atoms with Gasteiger partial charge in [0.2, 0.25) is 0 Å². The third kappa shape index (κ3) is 8.94. The molecule has 0 bridgehead atoms. The Morgan fingerprint density at radius 1 is 1.41 bits per heavy atom. The Morgan fingerprint density at radius 3 is 2.53 bits per heavy atom. The van der Waals surface area contributed by atoms with Crippen LogP contribution in [0.4, 0.5) is 0 Å². The maximum atomic E-state index is 11.1. The average molecular weight is 253 g/mol. The molecule has 0 aromatic carbocycles. The van der Waals surface area contributed by atoms with Gasteiger partial charge in [0, 0.05) is 13.1 Å². The fraction of sp³-hybridized carbons (Fsp3) is 0.875. The molecule has 0 aromatic heterocycles.